The molecule has 1 unspecified atom stereocenters. The lowest BCUT2D eigenvalue weighted by Gasteiger charge is -2.13. The molecule has 3 heterocycles. The van der Waals surface area contributed by atoms with E-state index >= 15 is 0 Å². The molecular weight excluding hydrogens is 442 g/mol. The van der Waals surface area contributed by atoms with Crippen LogP contribution in [0.1, 0.15) is 58.5 Å². The fraction of sp³-hybridized carbons (Fsp3) is 0.348. The predicted octanol–water partition coefficient (Wildman–Crippen LogP) is 3.40. The van der Waals surface area contributed by atoms with E-state index in [0.717, 1.165) is 29.0 Å². The molecule has 4 N–H and O–H groups in total. The number of carbonyl (C=O) groups excluding carboxylic acids is 1. The van der Waals surface area contributed by atoms with Gasteiger partial charge < -0.3 is 14.7 Å². The number of hydrogen-bond donors (Lipinski definition) is 4. The monoisotopic (exact) mass is 469 g/mol. The van der Waals surface area contributed by atoms with Gasteiger partial charge in [0.25, 0.3) is 11.5 Å². The minimum atomic E-state index is -0.529. The average molecular weight is 470 g/mol. The second-order valence-corrected chi connectivity index (χ2v) is 8.99. The first-order chi connectivity index (χ1) is 15.9. The summed E-state index contributed by atoms with van der Waals surface area (Å²) in [6.07, 6.45) is 2.42. The summed E-state index contributed by atoms with van der Waals surface area (Å²) in [5.41, 5.74) is 7.74. The molecule has 0 fully saturated rings. The van der Waals surface area contributed by atoms with Gasteiger partial charge in [0.2, 0.25) is 0 Å². The number of ether oxygens (including phenoxy) is 1. The SMILES string of the molecule is CCCC1NN(C)c2c1nc(-c1cc(Cc3ccc(C(=O)NO)s3)ccc1OCC)[nH]c2=O. The van der Waals surface area contributed by atoms with Crippen molar-refractivity contribution >= 4 is 22.9 Å². The Morgan fingerprint density at radius 3 is 2.85 bits per heavy atom. The van der Waals surface area contributed by atoms with Gasteiger partial charge in [0.15, 0.2) is 0 Å². The molecule has 3 aromatic rings. The van der Waals surface area contributed by atoms with Gasteiger partial charge in [-0.3, -0.25) is 14.8 Å². The number of aromatic amines is 1. The molecule has 174 valence electrons. The third-order valence-corrected chi connectivity index (χ3v) is 6.56. The van der Waals surface area contributed by atoms with E-state index in [1.54, 1.807) is 16.6 Å². The number of rotatable bonds is 8. The third-order valence-electron chi connectivity index (χ3n) is 5.48. The number of hydrazine groups is 1. The molecule has 0 aliphatic carbocycles. The van der Waals surface area contributed by atoms with Crippen molar-refractivity contribution in [2.45, 2.75) is 39.2 Å². The highest BCUT2D eigenvalue weighted by molar-refractivity contribution is 7.14. The quantitative estimate of drug-likeness (QED) is 0.295. The maximum atomic E-state index is 12.9. The number of carbonyl (C=O) groups is 1. The van der Waals surface area contributed by atoms with Crippen LogP contribution in [0.25, 0.3) is 11.4 Å². The van der Waals surface area contributed by atoms with E-state index in [0.29, 0.717) is 40.7 Å². The molecule has 1 aliphatic heterocycles. The Morgan fingerprint density at radius 2 is 2.12 bits per heavy atom. The van der Waals surface area contributed by atoms with Crippen molar-refractivity contribution in [2.75, 3.05) is 18.7 Å². The summed E-state index contributed by atoms with van der Waals surface area (Å²) in [5.74, 6) is 0.578. The summed E-state index contributed by atoms with van der Waals surface area (Å²) < 4.78 is 5.84. The first-order valence-electron chi connectivity index (χ1n) is 10.9. The number of benzene rings is 1. The largest absolute Gasteiger partial charge is 0.493 e. The highest BCUT2D eigenvalue weighted by Crippen LogP contribution is 2.34. The number of hydroxylamine groups is 1. The van der Waals surface area contributed by atoms with Crippen LogP contribution in [-0.4, -0.2) is 34.7 Å². The summed E-state index contributed by atoms with van der Waals surface area (Å²) in [6, 6.07) is 9.32. The molecular formula is C23H27N5O4S. The van der Waals surface area contributed by atoms with Crippen molar-refractivity contribution in [3.63, 3.8) is 0 Å². The van der Waals surface area contributed by atoms with Crippen LogP contribution in [0, 0.1) is 0 Å². The molecule has 4 rings (SSSR count). The van der Waals surface area contributed by atoms with Gasteiger partial charge >= 0.3 is 0 Å². The number of nitrogens with one attached hydrogen (secondary N) is 3. The molecule has 9 nitrogen and oxygen atoms in total. The van der Waals surface area contributed by atoms with Crippen molar-refractivity contribution in [3.8, 4) is 17.1 Å². The zero-order chi connectivity index (χ0) is 23.5. The normalized spacial score (nSPS) is 14.9. The first kappa shape index (κ1) is 23.0. The molecule has 0 bridgehead atoms. The minimum absolute atomic E-state index is 0.0167. The zero-order valence-corrected chi connectivity index (χ0v) is 19.6. The van der Waals surface area contributed by atoms with Gasteiger partial charge in [0.1, 0.15) is 17.3 Å². The molecule has 1 amide bonds. The van der Waals surface area contributed by atoms with Crippen LogP contribution in [-0.2, 0) is 6.42 Å². The van der Waals surface area contributed by atoms with Crippen LogP contribution < -0.4 is 26.2 Å². The van der Waals surface area contributed by atoms with E-state index in [9.17, 15) is 9.59 Å². The fourth-order valence-electron chi connectivity index (χ4n) is 4.03. The second kappa shape index (κ2) is 9.74. The number of thiophene rings is 1. The molecule has 0 saturated heterocycles. The molecule has 0 saturated carbocycles. The summed E-state index contributed by atoms with van der Waals surface area (Å²) in [6.45, 7) is 4.49. The lowest BCUT2D eigenvalue weighted by molar-refractivity contribution is 0.0711. The zero-order valence-electron chi connectivity index (χ0n) is 18.8. The molecule has 0 spiro atoms. The van der Waals surface area contributed by atoms with Crippen molar-refractivity contribution in [2.24, 2.45) is 0 Å². The highest BCUT2D eigenvalue weighted by atomic mass is 32.1. The van der Waals surface area contributed by atoms with Crippen LogP contribution in [0.2, 0.25) is 0 Å². The summed E-state index contributed by atoms with van der Waals surface area (Å²) in [5, 5.41) is 10.6. The van der Waals surface area contributed by atoms with Crippen molar-refractivity contribution in [3.05, 3.63) is 61.7 Å². The molecule has 2 aromatic heterocycles. The van der Waals surface area contributed by atoms with Gasteiger partial charge in [-0.15, -0.1) is 11.3 Å². The maximum Gasteiger partial charge on any atom is 0.284 e. The number of anilines is 1. The fourth-order valence-corrected chi connectivity index (χ4v) is 4.97. The van der Waals surface area contributed by atoms with E-state index in [2.05, 4.69) is 17.3 Å². The lowest BCUT2D eigenvalue weighted by Crippen LogP contribution is -2.32. The molecule has 1 aromatic carbocycles. The Bertz CT molecular complexity index is 1220. The molecule has 33 heavy (non-hydrogen) atoms. The van der Waals surface area contributed by atoms with Gasteiger partial charge in [0, 0.05) is 18.3 Å². The van der Waals surface area contributed by atoms with Gasteiger partial charge in [-0.25, -0.2) is 15.9 Å². The molecule has 1 aliphatic rings. The maximum absolute atomic E-state index is 12.9. The Kier molecular flexibility index (Phi) is 6.77. The third kappa shape index (κ3) is 4.63. The summed E-state index contributed by atoms with van der Waals surface area (Å²) >= 11 is 1.31. The summed E-state index contributed by atoms with van der Waals surface area (Å²) in [4.78, 5) is 33.7. The van der Waals surface area contributed by atoms with Crippen molar-refractivity contribution in [1.29, 1.82) is 0 Å². The van der Waals surface area contributed by atoms with Gasteiger partial charge in [-0.2, -0.15) is 0 Å². The van der Waals surface area contributed by atoms with Gasteiger partial charge in [0.05, 0.1) is 28.8 Å². The number of amides is 1. The van der Waals surface area contributed by atoms with E-state index in [1.165, 1.54) is 11.3 Å². The summed E-state index contributed by atoms with van der Waals surface area (Å²) in [7, 11) is 1.82. The first-order valence-corrected chi connectivity index (χ1v) is 11.7. The number of fused-ring (bicyclic) bond motifs is 1. The average Bonchev–Trinajstić information content (AvgIpc) is 3.39. The molecule has 0 radical (unpaired) electrons. The van der Waals surface area contributed by atoms with E-state index < -0.39 is 5.91 Å². The Morgan fingerprint density at radius 1 is 1.30 bits per heavy atom. The Balaban J connectivity index is 1.73. The molecule has 1 atom stereocenters. The van der Waals surface area contributed by atoms with Gasteiger partial charge in [-0.1, -0.05) is 19.4 Å². The highest BCUT2D eigenvalue weighted by Gasteiger charge is 2.30. The van der Waals surface area contributed by atoms with Crippen LogP contribution in [0.4, 0.5) is 5.69 Å². The van der Waals surface area contributed by atoms with Gasteiger partial charge in [-0.05, 0) is 43.2 Å². The van der Waals surface area contributed by atoms with Crippen LogP contribution in [0.5, 0.6) is 5.75 Å². The number of aromatic nitrogens is 2. The Labute approximate surface area is 195 Å². The number of H-pyrrole nitrogens is 1. The lowest BCUT2D eigenvalue weighted by atomic mass is 10.0. The Hall–Kier alpha value is -3.21. The van der Waals surface area contributed by atoms with E-state index in [1.807, 2.05) is 38.2 Å². The second-order valence-electron chi connectivity index (χ2n) is 7.82. The molecule has 10 heteroatoms. The standard InChI is InChI=1S/C23H27N5O4S/c1-4-6-16-19-20(28(3)26-16)23(30)25-21(24-19)15-12-13(7-9-17(15)32-5-2)11-14-8-10-18(33-14)22(29)27-31/h7-10,12,16,26,31H,4-6,11H2,1-3H3,(H,27,29)(H,24,25,30). The van der Waals surface area contributed by atoms with Crippen molar-refractivity contribution < 1.29 is 14.7 Å². The minimum Gasteiger partial charge on any atom is -0.493 e. The smallest absolute Gasteiger partial charge is 0.284 e. The number of nitrogens with zero attached hydrogens (tertiary/aromatic N) is 2. The topological polar surface area (TPSA) is 120 Å². The van der Waals surface area contributed by atoms with Crippen LogP contribution in [0.3, 0.4) is 0 Å². The van der Waals surface area contributed by atoms with Crippen LogP contribution in [0.15, 0.2) is 35.1 Å². The van der Waals surface area contributed by atoms with Crippen molar-refractivity contribution in [1.82, 2.24) is 20.9 Å². The predicted molar refractivity (Wildman–Crippen MR) is 127 cm³/mol. The van der Waals surface area contributed by atoms with E-state index in [4.69, 9.17) is 14.9 Å². The number of hydrogen-bond acceptors (Lipinski definition) is 8. The van der Waals surface area contributed by atoms with E-state index in [-0.39, 0.29) is 11.6 Å². The van der Waals surface area contributed by atoms with Crippen LogP contribution >= 0.6 is 11.3 Å².